The largest absolute Gasteiger partial charge is 0.317 e. The number of para-hydroxylation sites is 1. The Morgan fingerprint density at radius 1 is 1.12 bits per heavy atom. The van der Waals surface area contributed by atoms with Crippen molar-refractivity contribution < 1.29 is 4.79 Å². The first-order valence-corrected chi connectivity index (χ1v) is 13.2. The lowest BCUT2D eigenvalue weighted by Crippen LogP contribution is -2.29. The van der Waals surface area contributed by atoms with E-state index < -0.39 is 0 Å². The zero-order valence-corrected chi connectivity index (χ0v) is 21.3. The quantitative estimate of drug-likeness (QED) is 0.358. The first kappa shape index (κ1) is 22.3. The molecule has 0 saturated carbocycles. The third-order valence-corrected chi connectivity index (χ3v) is 8.71. The average molecular weight is 476 g/mol. The van der Waals surface area contributed by atoms with Crippen LogP contribution in [0.4, 0.5) is 5.00 Å². The second-order valence-corrected chi connectivity index (χ2v) is 11.1. The van der Waals surface area contributed by atoms with Crippen LogP contribution >= 0.6 is 22.7 Å². The number of fused-ring (bicyclic) bond motifs is 2. The molecule has 0 saturated heterocycles. The summed E-state index contributed by atoms with van der Waals surface area (Å²) in [5.41, 5.74) is 8.24. The molecule has 4 aromatic rings. The summed E-state index contributed by atoms with van der Waals surface area (Å²) in [6.45, 7) is 11.5. The van der Waals surface area contributed by atoms with Crippen LogP contribution in [0.2, 0.25) is 0 Å². The average Bonchev–Trinajstić information content (AvgIpc) is 3.35. The lowest BCUT2D eigenvalue weighted by molar-refractivity contribution is -0.115. The van der Waals surface area contributed by atoms with E-state index >= 15 is 0 Å². The molecular weight excluding hydrogens is 446 g/mol. The number of hydrogen-bond acceptors (Lipinski definition) is 5. The van der Waals surface area contributed by atoms with Crippen molar-refractivity contribution in [2.45, 2.75) is 47.1 Å². The Bertz CT molecular complexity index is 1290. The van der Waals surface area contributed by atoms with Crippen LogP contribution in [0, 0.1) is 20.8 Å². The van der Waals surface area contributed by atoms with Crippen molar-refractivity contribution >= 4 is 43.8 Å². The molecule has 170 valence electrons. The monoisotopic (exact) mass is 475 g/mol. The number of carbonyl (C=O) groups excluding carboxylic acids is 1. The molecule has 1 N–H and O–H groups in total. The van der Waals surface area contributed by atoms with Crippen LogP contribution in [0.15, 0.2) is 36.4 Å². The van der Waals surface area contributed by atoms with Crippen LogP contribution in [0.5, 0.6) is 0 Å². The smallest absolute Gasteiger partial charge is 0.229 e. The molecule has 0 unspecified atom stereocenters. The molecule has 1 aliphatic rings. The van der Waals surface area contributed by atoms with Gasteiger partial charge in [0, 0.05) is 23.5 Å². The van der Waals surface area contributed by atoms with E-state index in [9.17, 15) is 4.79 Å². The summed E-state index contributed by atoms with van der Waals surface area (Å²) >= 11 is 3.45. The number of aryl methyl sites for hydroxylation is 3. The van der Waals surface area contributed by atoms with Crippen molar-refractivity contribution in [3.8, 4) is 10.6 Å². The summed E-state index contributed by atoms with van der Waals surface area (Å²) in [4.78, 5) is 22.0. The fourth-order valence-electron chi connectivity index (χ4n) is 4.84. The number of amides is 1. The van der Waals surface area contributed by atoms with Crippen LogP contribution in [0.25, 0.3) is 20.8 Å². The normalized spacial score (nSPS) is 13.9. The zero-order chi connectivity index (χ0) is 23.1. The maximum atomic E-state index is 13.2. The molecule has 2 aromatic heterocycles. The molecule has 1 aliphatic heterocycles. The lowest BCUT2D eigenvalue weighted by atomic mass is 9.97. The maximum Gasteiger partial charge on any atom is 0.229 e. The van der Waals surface area contributed by atoms with Crippen LogP contribution in [-0.4, -0.2) is 28.9 Å². The number of anilines is 1. The molecule has 0 bridgehead atoms. The van der Waals surface area contributed by atoms with Gasteiger partial charge in [-0.3, -0.25) is 9.69 Å². The number of nitrogens with zero attached hydrogens (tertiary/aromatic N) is 2. The van der Waals surface area contributed by atoms with Gasteiger partial charge in [-0.05, 0) is 68.1 Å². The highest BCUT2D eigenvalue weighted by Gasteiger charge is 2.27. The minimum atomic E-state index is 0.0401. The molecule has 0 atom stereocenters. The van der Waals surface area contributed by atoms with Crippen molar-refractivity contribution in [2.24, 2.45) is 0 Å². The van der Waals surface area contributed by atoms with E-state index in [-0.39, 0.29) is 5.91 Å². The number of thiazole rings is 1. The SMILES string of the molecule is CCN1CCc2c(sc(NC(=O)Cc3c(C)cc(C)cc3C)c2-c2nc3ccccc3s2)C1. The van der Waals surface area contributed by atoms with E-state index in [4.69, 9.17) is 4.98 Å². The Labute approximate surface area is 203 Å². The number of aromatic nitrogens is 1. The Morgan fingerprint density at radius 2 is 1.88 bits per heavy atom. The highest BCUT2D eigenvalue weighted by Crippen LogP contribution is 2.45. The van der Waals surface area contributed by atoms with E-state index in [2.05, 4.69) is 68.2 Å². The van der Waals surface area contributed by atoms with Crippen molar-refractivity contribution in [3.05, 3.63) is 69.1 Å². The summed E-state index contributed by atoms with van der Waals surface area (Å²) in [5, 5.41) is 5.25. The number of carbonyl (C=O) groups is 1. The van der Waals surface area contributed by atoms with Crippen LogP contribution < -0.4 is 5.32 Å². The van der Waals surface area contributed by atoms with Crippen LogP contribution in [0.1, 0.15) is 39.6 Å². The topological polar surface area (TPSA) is 45.2 Å². The summed E-state index contributed by atoms with van der Waals surface area (Å²) in [5.74, 6) is 0.0401. The maximum absolute atomic E-state index is 13.2. The first-order chi connectivity index (χ1) is 15.9. The van der Waals surface area contributed by atoms with Gasteiger partial charge in [-0.25, -0.2) is 4.98 Å². The molecule has 0 aliphatic carbocycles. The van der Waals surface area contributed by atoms with Gasteiger partial charge < -0.3 is 5.32 Å². The van der Waals surface area contributed by atoms with E-state index in [0.717, 1.165) is 52.7 Å². The number of benzene rings is 2. The highest BCUT2D eigenvalue weighted by molar-refractivity contribution is 7.22. The summed E-state index contributed by atoms with van der Waals surface area (Å²) in [7, 11) is 0. The Balaban J connectivity index is 1.51. The number of likely N-dealkylation sites (N-methyl/N-ethyl adjacent to an activating group) is 1. The molecule has 4 nitrogen and oxygen atoms in total. The predicted molar refractivity (Wildman–Crippen MR) is 141 cm³/mol. The van der Waals surface area contributed by atoms with Gasteiger partial charge in [0.15, 0.2) is 0 Å². The molecule has 0 radical (unpaired) electrons. The summed E-state index contributed by atoms with van der Waals surface area (Å²) < 4.78 is 1.18. The molecule has 5 rings (SSSR count). The summed E-state index contributed by atoms with van der Waals surface area (Å²) in [6.07, 6.45) is 1.39. The van der Waals surface area contributed by atoms with Gasteiger partial charge in [0.1, 0.15) is 10.0 Å². The minimum Gasteiger partial charge on any atom is -0.317 e. The second kappa shape index (κ2) is 9.01. The van der Waals surface area contributed by atoms with E-state index in [1.807, 2.05) is 6.07 Å². The fourth-order valence-corrected chi connectivity index (χ4v) is 7.26. The van der Waals surface area contributed by atoms with Crippen molar-refractivity contribution in [1.82, 2.24) is 9.88 Å². The molecule has 6 heteroatoms. The van der Waals surface area contributed by atoms with E-state index in [1.165, 1.54) is 31.8 Å². The Hall–Kier alpha value is -2.54. The predicted octanol–water partition coefficient (Wildman–Crippen LogP) is 6.51. The summed E-state index contributed by atoms with van der Waals surface area (Å²) in [6, 6.07) is 12.6. The molecular formula is C27H29N3OS2. The van der Waals surface area contributed by atoms with E-state index in [1.54, 1.807) is 22.7 Å². The zero-order valence-electron chi connectivity index (χ0n) is 19.6. The Kier molecular flexibility index (Phi) is 6.08. The third kappa shape index (κ3) is 4.35. The second-order valence-electron chi connectivity index (χ2n) is 8.92. The van der Waals surface area contributed by atoms with Gasteiger partial charge in [0.2, 0.25) is 5.91 Å². The molecule has 2 aromatic carbocycles. The van der Waals surface area contributed by atoms with Gasteiger partial charge >= 0.3 is 0 Å². The van der Waals surface area contributed by atoms with Gasteiger partial charge in [-0.1, -0.05) is 36.8 Å². The van der Waals surface area contributed by atoms with Crippen LogP contribution in [-0.2, 0) is 24.2 Å². The molecule has 1 amide bonds. The number of thiophene rings is 1. The van der Waals surface area contributed by atoms with Gasteiger partial charge in [-0.2, -0.15) is 0 Å². The van der Waals surface area contributed by atoms with Gasteiger partial charge in [-0.15, -0.1) is 22.7 Å². The van der Waals surface area contributed by atoms with Crippen molar-refractivity contribution in [1.29, 1.82) is 0 Å². The first-order valence-electron chi connectivity index (χ1n) is 11.5. The van der Waals surface area contributed by atoms with Crippen LogP contribution in [0.3, 0.4) is 0 Å². The molecule has 33 heavy (non-hydrogen) atoms. The fraction of sp³-hybridized carbons (Fsp3) is 0.333. The number of rotatable bonds is 5. The highest BCUT2D eigenvalue weighted by atomic mass is 32.1. The molecule has 0 spiro atoms. The third-order valence-electron chi connectivity index (χ3n) is 6.52. The molecule has 3 heterocycles. The number of nitrogens with one attached hydrogen (secondary N) is 1. The minimum absolute atomic E-state index is 0.0401. The van der Waals surface area contributed by atoms with Gasteiger partial charge in [0.05, 0.1) is 16.6 Å². The lowest BCUT2D eigenvalue weighted by Gasteiger charge is -2.25. The van der Waals surface area contributed by atoms with E-state index in [0.29, 0.717) is 6.42 Å². The van der Waals surface area contributed by atoms with Crippen molar-refractivity contribution in [3.63, 3.8) is 0 Å². The Morgan fingerprint density at radius 3 is 2.61 bits per heavy atom. The van der Waals surface area contributed by atoms with Gasteiger partial charge in [0.25, 0.3) is 0 Å². The number of hydrogen-bond donors (Lipinski definition) is 1. The standard InChI is InChI=1S/C27H29N3OS2/c1-5-30-11-10-19-23(15-30)33-27(25(19)26-28-21-8-6-7-9-22(21)32-26)29-24(31)14-20-17(3)12-16(2)13-18(20)4/h6-9,12-13H,5,10-11,14-15H2,1-4H3,(H,29,31). The molecule has 0 fully saturated rings. The van der Waals surface area contributed by atoms with Crippen molar-refractivity contribution in [2.75, 3.05) is 18.4 Å².